The Kier molecular flexibility index (Phi) is 6.46. The lowest BCUT2D eigenvalue weighted by molar-refractivity contribution is -0.136. The van der Waals surface area contributed by atoms with E-state index in [9.17, 15) is 9.59 Å². The number of carbonyl (C=O) groups is 1. The molecule has 0 aliphatic carbocycles. The summed E-state index contributed by atoms with van der Waals surface area (Å²) in [6.07, 6.45) is 4.68. The van der Waals surface area contributed by atoms with E-state index in [0.29, 0.717) is 18.5 Å². The predicted molar refractivity (Wildman–Crippen MR) is 48.0 cm³/mol. The highest BCUT2D eigenvalue weighted by atomic mass is 16.5. The van der Waals surface area contributed by atoms with Crippen molar-refractivity contribution in [3.63, 3.8) is 0 Å². The van der Waals surface area contributed by atoms with Crippen molar-refractivity contribution in [2.45, 2.75) is 19.8 Å². The van der Waals surface area contributed by atoms with Crippen molar-refractivity contribution in [2.24, 2.45) is 4.99 Å². The third-order valence-electron chi connectivity index (χ3n) is 1.50. The maximum Gasteiger partial charge on any atom is 0.333 e. The molecule has 0 aliphatic rings. The fraction of sp³-hybridized carbons (Fsp3) is 0.556. The van der Waals surface area contributed by atoms with Crippen LogP contribution < -0.4 is 0 Å². The van der Waals surface area contributed by atoms with Gasteiger partial charge in [-0.2, -0.15) is 0 Å². The van der Waals surface area contributed by atoms with Crippen molar-refractivity contribution >= 4 is 12.0 Å². The van der Waals surface area contributed by atoms with Crippen LogP contribution in [-0.4, -0.2) is 25.7 Å². The van der Waals surface area contributed by atoms with Crippen molar-refractivity contribution in [1.82, 2.24) is 0 Å². The van der Waals surface area contributed by atoms with E-state index in [4.69, 9.17) is 0 Å². The zero-order valence-electron chi connectivity index (χ0n) is 7.87. The van der Waals surface area contributed by atoms with Gasteiger partial charge in [0, 0.05) is 5.57 Å². The number of nitrogens with zero attached hydrogens (tertiary/aromatic N) is 1. The van der Waals surface area contributed by atoms with Crippen molar-refractivity contribution in [3.05, 3.63) is 11.6 Å². The Labute approximate surface area is 77.3 Å². The molecule has 4 heteroatoms. The molecule has 0 radical (unpaired) electrons. The number of unbranched alkanes of at least 4 members (excludes halogenated alkanes) is 1. The van der Waals surface area contributed by atoms with E-state index in [1.807, 2.05) is 0 Å². The number of ether oxygens (including phenoxy) is 1. The number of hydrogen-bond donors (Lipinski definition) is 0. The Bertz CT molecular complexity index is 239. The van der Waals surface area contributed by atoms with Gasteiger partial charge in [0.25, 0.3) is 0 Å². The lowest BCUT2D eigenvalue weighted by Crippen LogP contribution is -2.01. The van der Waals surface area contributed by atoms with Gasteiger partial charge in [-0.25, -0.2) is 14.6 Å². The van der Waals surface area contributed by atoms with Gasteiger partial charge in [-0.3, -0.25) is 0 Å². The lowest BCUT2D eigenvalue weighted by Gasteiger charge is -1.97. The molecule has 0 saturated heterocycles. The zero-order chi connectivity index (χ0) is 10.1. The van der Waals surface area contributed by atoms with Gasteiger partial charge in [0.2, 0.25) is 6.08 Å². The van der Waals surface area contributed by atoms with Gasteiger partial charge in [0.1, 0.15) is 0 Å². The molecule has 4 nitrogen and oxygen atoms in total. The average Bonchev–Trinajstić information content (AvgIpc) is 2.16. The van der Waals surface area contributed by atoms with Crippen LogP contribution in [0.3, 0.4) is 0 Å². The largest absolute Gasteiger partial charge is 0.466 e. The Morgan fingerprint density at radius 1 is 1.62 bits per heavy atom. The van der Waals surface area contributed by atoms with Gasteiger partial charge < -0.3 is 4.74 Å². The molecular weight excluding hydrogens is 170 g/mol. The molecule has 72 valence electrons. The summed E-state index contributed by atoms with van der Waals surface area (Å²) < 4.78 is 4.50. The maximum absolute atomic E-state index is 10.9. The van der Waals surface area contributed by atoms with E-state index in [0.717, 1.165) is 6.42 Å². The summed E-state index contributed by atoms with van der Waals surface area (Å²) in [5.74, 6) is -0.320. The maximum atomic E-state index is 10.9. The highest BCUT2D eigenvalue weighted by molar-refractivity contribution is 5.87. The number of hydrogen-bond acceptors (Lipinski definition) is 4. The smallest absolute Gasteiger partial charge is 0.333 e. The van der Waals surface area contributed by atoms with Gasteiger partial charge in [0.05, 0.1) is 13.7 Å². The summed E-state index contributed by atoms with van der Waals surface area (Å²) in [5.41, 5.74) is 0.581. The molecular formula is C9H13NO3. The van der Waals surface area contributed by atoms with Gasteiger partial charge >= 0.3 is 5.97 Å². The van der Waals surface area contributed by atoms with Crippen LogP contribution in [-0.2, 0) is 14.3 Å². The number of isocyanates is 1. The van der Waals surface area contributed by atoms with Crippen LogP contribution in [0.4, 0.5) is 0 Å². The van der Waals surface area contributed by atoms with E-state index in [1.54, 1.807) is 13.0 Å². The number of allylic oxidation sites excluding steroid dienone is 1. The monoisotopic (exact) mass is 183 g/mol. The SMILES string of the molecule is COC(=O)C(C)=CCCCN=C=O. The number of carbonyl (C=O) groups excluding carboxylic acids is 2. The molecule has 0 spiro atoms. The van der Waals surface area contributed by atoms with Crippen LogP contribution in [0.5, 0.6) is 0 Å². The van der Waals surface area contributed by atoms with Crippen molar-refractivity contribution in [1.29, 1.82) is 0 Å². The second-order valence-corrected chi connectivity index (χ2v) is 2.49. The van der Waals surface area contributed by atoms with Gasteiger partial charge in [-0.15, -0.1) is 0 Å². The quantitative estimate of drug-likeness (QED) is 0.212. The third kappa shape index (κ3) is 5.82. The van der Waals surface area contributed by atoms with E-state index < -0.39 is 0 Å². The first kappa shape index (κ1) is 11.6. The molecule has 0 amide bonds. The molecule has 0 aromatic heterocycles. The fourth-order valence-corrected chi connectivity index (χ4v) is 0.779. The summed E-state index contributed by atoms with van der Waals surface area (Å²) in [6, 6.07) is 0. The van der Waals surface area contributed by atoms with Crippen LogP contribution in [0.2, 0.25) is 0 Å². The minimum atomic E-state index is -0.320. The van der Waals surface area contributed by atoms with Crippen molar-refractivity contribution in [3.8, 4) is 0 Å². The van der Waals surface area contributed by atoms with E-state index in [2.05, 4.69) is 9.73 Å². The first-order chi connectivity index (χ1) is 6.22. The molecule has 13 heavy (non-hydrogen) atoms. The zero-order valence-corrected chi connectivity index (χ0v) is 7.87. The second-order valence-electron chi connectivity index (χ2n) is 2.49. The van der Waals surface area contributed by atoms with Crippen molar-refractivity contribution in [2.75, 3.05) is 13.7 Å². The van der Waals surface area contributed by atoms with Crippen LogP contribution in [0.1, 0.15) is 19.8 Å². The Morgan fingerprint density at radius 2 is 2.31 bits per heavy atom. The highest BCUT2D eigenvalue weighted by Crippen LogP contribution is 2.00. The molecule has 0 aromatic rings. The van der Waals surface area contributed by atoms with Crippen LogP contribution in [0, 0.1) is 0 Å². The molecule has 0 saturated carbocycles. The summed E-state index contributed by atoms with van der Waals surface area (Å²) in [5, 5.41) is 0. The number of esters is 1. The van der Waals surface area contributed by atoms with E-state index in [-0.39, 0.29) is 5.97 Å². The van der Waals surface area contributed by atoms with Crippen LogP contribution in [0.25, 0.3) is 0 Å². The van der Waals surface area contributed by atoms with E-state index in [1.165, 1.54) is 13.2 Å². The molecule has 0 N–H and O–H groups in total. The molecule has 0 fully saturated rings. The van der Waals surface area contributed by atoms with E-state index >= 15 is 0 Å². The first-order valence-corrected chi connectivity index (χ1v) is 4.01. The minimum absolute atomic E-state index is 0.320. The Morgan fingerprint density at radius 3 is 2.85 bits per heavy atom. The molecule has 0 rings (SSSR count). The molecule has 0 heterocycles. The Balaban J connectivity index is 3.71. The summed E-state index contributed by atoms with van der Waals surface area (Å²) >= 11 is 0. The van der Waals surface area contributed by atoms with Crippen LogP contribution >= 0.6 is 0 Å². The molecule has 0 aromatic carbocycles. The van der Waals surface area contributed by atoms with Gasteiger partial charge in [-0.05, 0) is 19.8 Å². The standard InChI is InChI=1S/C9H13NO3/c1-8(9(12)13-2)5-3-4-6-10-7-11/h5H,3-4,6H2,1-2H3. The number of aliphatic imine (C=N–C) groups is 1. The average molecular weight is 183 g/mol. The minimum Gasteiger partial charge on any atom is -0.466 e. The second kappa shape index (κ2) is 7.25. The highest BCUT2D eigenvalue weighted by Gasteiger charge is 2.00. The Hall–Kier alpha value is -1.41. The summed E-state index contributed by atoms with van der Waals surface area (Å²) in [7, 11) is 1.34. The van der Waals surface area contributed by atoms with Gasteiger partial charge in [0.15, 0.2) is 0 Å². The normalized spacial score (nSPS) is 10.5. The molecule has 0 aliphatic heterocycles. The summed E-state index contributed by atoms with van der Waals surface area (Å²) in [4.78, 5) is 23.9. The molecule has 0 bridgehead atoms. The topological polar surface area (TPSA) is 55.7 Å². The predicted octanol–water partition coefficient (Wildman–Crippen LogP) is 1.22. The van der Waals surface area contributed by atoms with Gasteiger partial charge in [-0.1, -0.05) is 6.08 Å². The summed E-state index contributed by atoms with van der Waals surface area (Å²) in [6.45, 7) is 2.14. The number of methoxy groups -OCH3 is 1. The third-order valence-corrected chi connectivity index (χ3v) is 1.50. The fourth-order valence-electron chi connectivity index (χ4n) is 0.779. The molecule has 0 unspecified atom stereocenters. The first-order valence-electron chi connectivity index (χ1n) is 4.01. The number of rotatable bonds is 5. The van der Waals surface area contributed by atoms with Crippen molar-refractivity contribution < 1.29 is 14.3 Å². The lowest BCUT2D eigenvalue weighted by atomic mass is 10.2. The van der Waals surface area contributed by atoms with Crippen LogP contribution in [0.15, 0.2) is 16.6 Å². The molecule has 0 atom stereocenters.